The molecule has 4 nitrogen and oxygen atoms in total. The molecule has 1 amide bonds. The Bertz CT molecular complexity index is 434. The van der Waals surface area contributed by atoms with Gasteiger partial charge in [-0.15, -0.1) is 0 Å². The molecule has 0 unspecified atom stereocenters. The van der Waals surface area contributed by atoms with E-state index < -0.39 is 0 Å². The van der Waals surface area contributed by atoms with Crippen molar-refractivity contribution in [2.24, 2.45) is 5.84 Å². The van der Waals surface area contributed by atoms with Crippen molar-refractivity contribution in [3.63, 3.8) is 0 Å². The van der Waals surface area contributed by atoms with Crippen molar-refractivity contribution < 1.29 is 4.79 Å². The second kappa shape index (κ2) is 6.86. The van der Waals surface area contributed by atoms with Gasteiger partial charge in [-0.05, 0) is 37.8 Å². The molecule has 1 aliphatic heterocycles. The Morgan fingerprint density at radius 3 is 2.30 bits per heavy atom. The molecule has 1 fully saturated rings. The monoisotopic (exact) mass is 275 g/mol. The predicted molar refractivity (Wildman–Crippen MR) is 80.8 cm³/mol. The van der Waals surface area contributed by atoms with E-state index in [0.29, 0.717) is 18.5 Å². The molecule has 110 valence electrons. The van der Waals surface area contributed by atoms with E-state index in [0.717, 1.165) is 12.1 Å². The first-order valence-electron chi connectivity index (χ1n) is 7.43. The Hall–Kier alpha value is -1.39. The molecule has 1 aromatic rings. The molecule has 0 radical (unpaired) electrons. The Morgan fingerprint density at radius 2 is 1.75 bits per heavy atom. The Kier molecular flexibility index (Phi) is 5.15. The maximum Gasteiger partial charge on any atom is 0.238 e. The van der Waals surface area contributed by atoms with E-state index in [1.165, 1.54) is 24.8 Å². The summed E-state index contributed by atoms with van der Waals surface area (Å²) >= 11 is 0. The van der Waals surface area contributed by atoms with Crippen LogP contribution in [0.2, 0.25) is 0 Å². The van der Waals surface area contributed by atoms with Crippen LogP contribution < -0.4 is 11.3 Å². The van der Waals surface area contributed by atoms with Crippen LogP contribution in [0.25, 0.3) is 0 Å². The van der Waals surface area contributed by atoms with E-state index in [2.05, 4.69) is 36.3 Å². The summed E-state index contributed by atoms with van der Waals surface area (Å²) in [6.07, 6.45) is 4.26. The fraction of sp³-hybridized carbons (Fsp3) is 0.562. The van der Waals surface area contributed by atoms with Crippen molar-refractivity contribution in [3.05, 3.63) is 35.4 Å². The Labute approximate surface area is 121 Å². The van der Waals surface area contributed by atoms with Gasteiger partial charge in [0.2, 0.25) is 5.91 Å². The standard InChI is InChI=1S/C16H25N3O/c1-12-4-3-5-13(2)19(12)11-15-8-6-14(7-9-15)10-16(20)18-17/h6-9,12-13H,3-5,10-11,17H2,1-2H3,(H,18,20)/t12-,13+. The lowest BCUT2D eigenvalue weighted by Crippen LogP contribution is -2.42. The molecule has 2 rings (SSSR count). The van der Waals surface area contributed by atoms with E-state index >= 15 is 0 Å². The van der Waals surface area contributed by atoms with E-state index in [-0.39, 0.29) is 5.91 Å². The number of carbonyl (C=O) groups is 1. The topological polar surface area (TPSA) is 58.4 Å². The molecule has 1 heterocycles. The maximum atomic E-state index is 11.2. The molecule has 0 bridgehead atoms. The summed E-state index contributed by atoms with van der Waals surface area (Å²) in [4.78, 5) is 13.8. The third-order valence-electron chi connectivity index (χ3n) is 4.29. The number of piperidine rings is 1. The number of amides is 1. The number of nitrogens with one attached hydrogen (secondary N) is 1. The fourth-order valence-corrected chi connectivity index (χ4v) is 3.00. The molecular weight excluding hydrogens is 250 g/mol. The average Bonchev–Trinajstić information content (AvgIpc) is 2.44. The molecule has 1 saturated heterocycles. The Morgan fingerprint density at radius 1 is 1.20 bits per heavy atom. The minimum absolute atomic E-state index is 0.156. The third-order valence-corrected chi connectivity index (χ3v) is 4.29. The molecule has 2 atom stereocenters. The first-order chi connectivity index (χ1) is 9.60. The van der Waals surface area contributed by atoms with E-state index in [9.17, 15) is 4.79 Å². The van der Waals surface area contributed by atoms with Gasteiger partial charge in [0, 0.05) is 18.6 Å². The van der Waals surface area contributed by atoms with Gasteiger partial charge in [-0.2, -0.15) is 0 Å². The van der Waals surface area contributed by atoms with Crippen LogP contribution in [-0.4, -0.2) is 22.9 Å². The molecule has 20 heavy (non-hydrogen) atoms. The third kappa shape index (κ3) is 3.81. The van der Waals surface area contributed by atoms with Gasteiger partial charge >= 0.3 is 0 Å². The van der Waals surface area contributed by atoms with Crippen LogP contribution in [0, 0.1) is 0 Å². The SMILES string of the molecule is C[C@@H]1CCC[C@H](C)N1Cc1ccc(CC(=O)NN)cc1. The molecule has 4 heteroatoms. The molecule has 1 aromatic carbocycles. The van der Waals surface area contributed by atoms with E-state index in [1.54, 1.807) is 0 Å². The number of benzene rings is 1. The molecule has 3 N–H and O–H groups in total. The number of carbonyl (C=O) groups excluding carboxylic acids is 1. The zero-order valence-electron chi connectivity index (χ0n) is 12.4. The number of rotatable bonds is 4. The highest BCUT2D eigenvalue weighted by atomic mass is 16.2. The van der Waals surface area contributed by atoms with E-state index in [4.69, 9.17) is 5.84 Å². The number of nitrogens with two attached hydrogens (primary N) is 1. The second-order valence-electron chi connectivity index (χ2n) is 5.86. The van der Waals surface area contributed by atoms with Crippen LogP contribution in [-0.2, 0) is 17.8 Å². The summed E-state index contributed by atoms with van der Waals surface area (Å²) in [7, 11) is 0. The number of nitrogens with zero attached hydrogens (tertiary/aromatic N) is 1. The van der Waals surface area contributed by atoms with Crippen molar-refractivity contribution in [3.8, 4) is 0 Å². The summed E-state index contributed by atoms with van der Waals surface area (Å²) in [6, 6.07) is 9.58. The number of hydrogen-bond acceptors (Lipinski definition) is 3. The van der Waals surface area contributed by atoms with Crippen LogP contribution in [0.4, 0.5) is 0 Å². The van der Waals surface area contributed by atoms with Crippen molar-refractivity contribution in [1.82, 2.24) is 10.3 Å². The first kappa shape index (κ1) is 15.0. The highest BCUT2D eigenvalue weighted by Crippen LogP contribution is 2.24. The van der Waals surface area contributed by atoms with Gasteiger partial charge in [0.1, 0.15) is 0 Å². The van der Waals surface area contributed by atoms with Crippen molar-refractivity contribution in [2.75, 3.05) is 0 Å². The van der Waals surface area contributed by atoms with E-state index in [1.807, 2.05) is 12.1 Å². The van der Waals surface area contributed by atoms with Gasteiger partial charge < -0.3 is 0 Å². The van der Waals surface area contributed by atoms with Gasteiger partial charge in [0.05, 0.1) is 6.42 Å². The molecule has 0 aliphatic carbocycles. The van der Waals surface area contributed by atoms with Crippen LogP contribution in [0.3, 0.4) is 0 Å². The lowest BCUT2D eigenvalue weighted by Gasteiger charge is -2.39. The lowest BCUT2D eigenvalue weighted by atomic mass is 9.96. The minimum Gasteiger partial charge on any atom is -0.294 e. The fourth-order valence-electron chi connectivity index (χ4n) is 3.00. The summed E-state index contributed by atoms with van der Waals surface area (Å²) in [6.45, 7) is 5.62. The maximum absolute atomic E-state index is 11.2. The summed E-state index contributed by atoms with van der Waals surface area (Å²) in [5, 5.41) is 0. The second-order valence-corrected chi connectivity index (χ2v) is 5.86. The molecule has 1 aliphatic rings. The van der Waals surface area contributed by atoms with Crippen LogP contribution in [0.5, 0.6) is 0 Å². The molecule has 0 spiro atoms. The number of hydrogen-bond donors (Lipinski definition) is 2. The smallest absolute Gasteiger partial charge is 0.238 e. The molecule has 0 aromatic heterocycles. The highest BCUT2D eigenvalue weighted by molar-refractivity contribution is 5.77. The Balaban J connectivity index is 1.97. The predicted octanol–water partition coefficient (Wildman–Crippen LogP) is 1.98. The molecular formula is C16H25N3O. The molecule has 0 saturated carbocycles. The normalized spacial score (nSPS) is 23.6. The lowest BCUT2D eigenvalue weighted by molar-refractivity contribution is -0.120. The zero-order valence-corrected chi connectivity index (χ0v) is 12.4. The highest BCUT2D eigenvalue weighted by Gasteiger charge is 2.24. The number of likely N-dealkylation sites (tertiary alicyclic amines) is 1. The van der Waals surface area contributed by atoms with Gasteiger partial charge in [-0.25, -0.2) is 5.84 Å². The van der Waals surface area contributed by atoms with Crippen LogP contribution >= 0.6 is 0 Å². The first-order valence-corrected chi connectivity index (χ1v) is 7.43. The summed E-state index contributed by atoms with van der Waals surface area (Å²) in [5.74, 6) is 4.94. The van der Waals surface area contributed by atoms with Crippen LogP contribution in [0.15, 0.2) is 24.3 Å². The zero-order chi connectivity index (χ0) is 14.5. The summed E-state index contributed by atoms with van der Waals surface area (Å²) in [5.41, 5.74) is 4.46. The van der Waals surface area contributed by atoms with Crippen molar-refractivity contribution in [1.29, 1.82) is 0 Å². The van der Waals surface area contributed by atoms with Gasteiger partial charge in [-0.3, -0.25) is 15.1 Å². The van der Waals surface area contributed by atoms with Gasteiger partial charge in [0.25, 0.3) is 0 Å². The minimum atomic E-state index is -0.156. The van der Waals surface area contributed by atoms with Crippen molar-refractivity contribution >= 4 is 5.91 Å². The van der Waals surface area contributed by atoms with Gasteiger partial charge in [0.15, 0.2) is 0 Å². The largest absolute Gasteiger partial charge is 0.294 e. The quantitative estimate of drug-likeness (QED) is 0.502. The van der Waals surface area contributed by atoms with Crippen molar-refractivity contribution in [2.45, 2.75) is 58.2 Å². The summed E-state index contributed by atoms with van der Waals surface area (Å²) < 4.78 is 0. The van der Waals surface area contributed by atoms with Gasteiger partial charge in [-0.1, -0.05) is 30.7 Å². The average molecular weight is 275 g/mol. The van der Waals surface area contributed by atoms with Crippen LogP contribution in [0.1, 0.15) is 44.2 Å². The number of hydrazine groups is 1.